The van der Waals surface area contributed by atoms with Gasteiger partial charge in [-0.3, -0.25) is 5.01 Å². The molecule has 2 aromatic carbocycles. The van der Waals surface area contributed by atoms with Gasteiger partial charge in [0.15, 0.2) is 0 Å². The van der Waals surface area contributed by atoms with Crippen molar-refractivity contribution in [1.82, 2.24) is 0 Å². The molecule has 1 unspecified atom stereocenters. The Labute approximate surface area is 114 Å². The molecule has 1 atom stereocenters. The molecule has 2 nitrogen and oxygen atoms in total. The lowest BCUT2D eigenvalue weighted by atomic mass is 9.85. The highest BCUT2D eigenvalue weighted by atomic mass is 15.5. The van der Waals surface area contributed by atoms with E-state index in [4.69, 9.17) is 5.10 Å². The highest BCUT2D eigenvalue weighted by Gasteiger charge is 2.26. The van der Waals surface area contributed by atoms with Gasteiger partial charge in [-0.25, -0.2) is 0 Å². The van der Waals surface area contributed by atoms with Crippen LogP contribution < -0.4 is 5.01 Å². The van der Waals surface area contributed by atoms with E-state index in [0.717, 1.165) is 12.3 Å². The Morgan fingerprint density at radius 2 is 1.68 bits per heavy atom. The first-order chi connectivity index (χ1) is 9.31. The predicted octanol–water partition coefficient (Wildman–Crippen LogP) is 4.03. The molecule has 2 heteroatoms. The molecule has 0 radical (unpaired) electrons. The molecule has 0 fully saturated rings. The zero-order valence-electron chi connectivity index (χ0n) is 11.4. The van der Waals surface area contributed by atoms with Gasteiger partial charge in [-0.2, -0.15) is 5.10 Å². The van der Waals surface area contributed by atoms with Gasteiger partial charge in [-0.15, -0.1) is 0 Å². The van der Waals surface area contributed by atoms with Crippen molar-refractivity contribution in [1.29, 1.82) is 0 Å². The van der Waals surface area contributed by atoms with E-state index in [-0.39, 0.29) is 5.92 Å². The first-order valence-corrected chi connectivity index (χ1v) is 6.77. The zero-order chi connectivity index (χ0) is 13.2. The van der Waals surface area contributed by atoms with Crippen molar-refractivity contribution in [2.45, 2.75) is 19.8 Å². The number of para-hydroxylation sites is 1. The van der Waals surface area contributed by atoms with Gasteiger partial charge in [-0.1, -0.05) is 48.5 Å². The quantitative estimate of drug-likeness (QED) is 0.785. The summed E-state index contributed by atoms with van der Waals surface area (Å²) < 4.78 is 0. The van der Waals surface area contributed by atoms with Crippen molar-refractivity contribution in [2.24, 2.45) is 5.10 Å². The number of nitrogens with zero attached hydrogens (tertiary/aromatic N) is 2. The Morgan fingerprint density at radius 1 is 1.00 bits per heavy atom. The van der Waals surface area contributed by atoms with Crippen LogP contribution in [0.1, 0.15) is 30.9 Å². The normalized spacial score (nSPS) is 17.9. The summed E-state index contributed by atoms with van der Waals surface area (Å²) in [6.45, 7) is 5.16. The molecule has 19 heavy (non-hydrogen) atoms. The second-order valence-corrected chi connectivity index (χ2v) is 4.86. The lowest BCUT2D eigenvalue weighted by molar-refractivity contribution is 0.839. The van der Waals surface area contributed by atoms with Crippen LogP contribution in [0.5, 0.6) is 0 Å². The molecule has 0 spiro atoms. The van der Waals surface area contributed by atoms with Crippen LogP contribution in [0.3, 0.4) is 0 Å². The summed E-state index contributed by atoms with van der Waals surface area (Å²) in [5.74, 6) is 0.278. The third kappa shape index (κ3) is 2.03. The maximum absolute atomic E-state index is 4.75. The molecular formula is C17H18N2. The van der Waals surface area contributed by atoms with Gasteiger partial charge in [0.25, 0.3) is 0 Å². The number of fused-ring (bicyclic) bond motifs is 1. The van der Waals surface area contributed by atoms with Gasteiger partial charge >= 0.3 is 0 Å². The molecule has 0 amide bonds. The van der Waals surface area contributed by atoms with E-state index in [1.54, 1.807) is 0 Å². The molecule has 3 rings (SSSR count). The predicted molar refractivity (Wildman–Crippen MR) is 80.9 cm³/mol. The third-order valence-corrected chi connectivity index (χ3v) is 3.65. The van der Waals surface area contributed by atoms with Crippen LogP contribution in [0.15, 0.2) is 59.7 Å². The fourth-order valence-corrected chi connectivity index (χ4v) is 2.80. The van der Waals surface area contributed by atoms with E-state index in [9.17, 15) is 0 Å². The standard InChI is InChI=1S/C17H18N2/c1-3-19-16-12-8-7-11-15(16)17(13(2)18-19)14-9-5-4-6-10-14/h4-12,17H,3H2,1-2H3. The largest absolute Gasteiger partial charge is 0.266 e. The van der Waals surface area contributed by atoms with E-state index in [1.807, 2.05) is 0 Å². The number of hydrazone groups is 1. The summed E-state index contributed by atoms with van der Waals surface area (Å²) in [4.78, 5) is 0. The minimum atomic E-state index is 0.278. The average Bonchev–Trinajstić information content (AvgIpc) is 2.47. The number of rotatable bonds is 2. The highest BCUT2D eigenvalue weighted by Crippen LogP contribution is 2.37. The van der Waals surface area contributed by atoms with E-state index >= 15 is 0 Å². The van der Waals surface area contributed by atoms with Crippen LogP contribution in [0.25, 0.3) is 0 Å². The van der Waals surface area contributed by atoms with Crippen molar-refractivity contribution >= 4 is 11.4 Å². The SMILES string of the molecule is CCN1N=C(C)C(c2ccccc2)c2ccccc21. The van der Waals surface area contributed by atoms with E-state index in [0.29, 0.717) is 0 Å². The van der Waals surface area contributed by atoms with E-state index in [1.165, 1.54) is 16.8 Å². The maximum Gasteiger partial charge on any atom is 0.0635 e. The maximum atomic E-state index is 4.75. The van der Waals surface area contributed by atoms with Crippen LogP contribution in [-0.2, 0) is 0 Å². The van der Waals surface area contributed by atoms with Crippen molar-refractivity contribution in [3.05, 3.63) is 65.7 Å². The minimum Gasteiger partial charge on any atom is -0.266 e. The van der Waals surface area contributed by atoms with Crippen molar-refractivity contribution in [3.63, 3.8) is 0 Å². The fraction of sp³-hybridized carbons (Fsp3) is 0.235. The van der Waals surface area contributed by atoms with Crippen molar-refractivity contribution < 1.29 is 0 Å². The van der Waals surface area contributed by atoms with Gasteiger partial charge in [0.05, 0.1) is 11.6 Å². The molecule has 0 saturated carbocycles. The summed E-state index contributed by atoms with van der Waals surface area (Å²) in [6.07, 6.45) is 0. The molecule has 0 aliphatic carbocycles. The van der Waals surface area contributed by atoms with Gasteiger partial charge in [0.2, 0.25) is 0 Å². The molecule has 0 saturated heterocycles. The van der Waals surface area contributed by atoms with Gasteiger partial charge < -0.3 is 0 Å². The third-order valence-electron chi connectivity index (χ3n) is 3.65. The second-order valence-electron chi connectivity index (χ2n) is 4.86. The number of anilines is 1. The first-order valence-electron chi connectivity index (χ1n) is 6.77. The molecule has 0 aromatic heterocycles. The van der Waals surface area contributed by atoms with Gasteiger partial charge in [-0.05, 0) is 31.0 Å². The Morgan fingerprint density at radius 3 is 2.42 bits per heavy atom. The second kappa shape index (κ2) is 4.88. The Balaban J connectivity index is 2.15. The summed E-state index contributed by atoms with van der Waals surface area (Å²) in [5, 5.41) is 6.84. The number of hydrogen-bond acceptors (Lipinski definition) is 2. The van der Waals surface area contributed by atoms with Crippen LogP contribution >= 0.6 is 0 Å². The first kappa shape index (κ1) is 12.0. The lowest BCUT2D eigenvalue weighted by Crippen LogP contribution is -2.27. The summed E-state index contributed by atoms with van der Waals surface area (Å²) in [7, 11) is 0. The topological polar surface area (TPSA) is 15.6 Å². The van der Waals surface area contributed by atoms with Crippen LogP contribution in [-0.4, -0.2) is 12.3 Å². The molecule has 0 bridgehead atoms. The lowest BCUT2D eigenvalue weighted by Gasteiger charge is -2.31. The smallest absolute Gasteiger partial charge is 0.0635 e. The number of hydrogen-bond donors (Lipinski definition) is 0. The Bertz CT molecular complexity index is 602. The molecule has 1 heterocycles. The zero-order valence-corrected chi connectivity index (χ0v) is 11.4. The molecule has 0 N–H and O–H groups in total. The van der Waals surface area contributed by atoms with E-state index in [2.05, 4.69) is 73.5 Å². The van der Waals surface area contributed by atoms with Crippen LogP contribution in [0.2, 0.25) is 0 Å². The fourth-order valence-electron chi connectivity index (χ4n) is 2.80. The molecule has 2 aromatic rings. The summed E-state index contributed by atoms with van der Waals surface area (Å²) in [5.41, 5.74) is 5.05. The number of benzene rings is 2. The Kier molecular flexibility index (Phi) is 3.08. The summed E-state index contributed by atoms with van der Waals surface area (Å²) >= 11 is 0. The molecular weight excluding hydrogens is 232 g/mol. The Hall–Kier alpha value is -2.09. The molecule has 1 aliphatic heterocycles. The molecule has 1 aliphatic rings. The van der Waals surface area contributed by atoms with Crippen molar-refractivity contribution in [2.75, 3.05) is 11.6 Å². The van der Waals surface area contributed by atoms with E-state index < -0.39 is 0 Å². The van der Waals surface area contributed by atoms with Crippen LogP contribution in [0, 0.1) is 0 Å². The monoisotopic (exact) mass is 250 g/mol. The van der Waals surface area contributed by atoms with Gasteiger partial charge in [0.1, 0.15) is 0 Å². The van der Waals surface area contributed by atoms with Crippen molar-refractivity contribution in [3.8, 4) is 0 Å². The molecule has 96 valence electrons. The average molecular weight is 250 g/mol. The van der Waals surface area contributed by atoms with Gasteiger partial charge in [0, 0.05) is 12.3 Å². The summed E-state index contributed by atoms with van der Waals surface area (Å²) in [6, 6.07) is 19.2. The minimum absolute atomic E-state index is 0.278. The van der Waals surface area contributed by atoms with Crippen LogP contribution in [0.4, 0.5) is 5.69 Å². The highest BCUT2D eigenvalue weighted by molar-refractivity contribution is 5.96.